The number of ketones is 1. The molecule has 130 valence electrons. The van der Waals surface area contributed by atoms with E-state index >= 15 is 0 Å². The molecule has 0 amide bonds. The monoisotopic (exact) mass is 326 g/mol. The minimum absolute atomic E-state index is 0.305. The van der Waals surface area contributed by atoms with Crippen LogP contribution in [0.3, 0.4) is 0 Å². The Hall–Kier alpha value is -1.57. The molecule has 2 aliphatic rings. The van der Waals surface area contributed by atoms with Crippen molar-refractivity contribution in [1.82, 2.24) is 0 Å². The van der Waals surface area contributed by atoms with E-state index in [0.717, 1.165) is 42.8 Å². The summed E-state index contributed by atoms with van der Waals surface area (Å²) in [5, 5.41) is 0. The third-order valence-corrected chi connectivity index (χ3v) is 5.58. The van der Waals surface area contributed by atoms with Gasteiger partial charge in [-0.2, -0.15) is 0 Å². The lowest BCUT2D eigenvalue weighted by Gasteiger charge is -2.15. The summed E-state index contributed by atoms with van der Waals surface area (Å²) in [5.74, 6) is 2.30. The number of allylic oxidation sites excluding steroid dienone is 1. The van der Waals surface area contributed by atoms with E-state index in [1.807, 2.05) is 12.1 Å². The van der Waals surface area contributed by atoms with Gasteiger partial charge < -0.3 is 4.74 Å². The lowest BCUT2D eigenvalue weighted by atomic mass is 9.88. The Morgan fingerprint density at radius 2 is 1.83 bits per heavy atom. The Morgan fingerprint density at radius 3 is 2.54 bits per heavy atom. The largest absolute Gasteiger partial charge is 0.494 e. The summed E-state index contributed by atoms with van der Waals surface area (Å²) < 4.78 is 5.75. The number of ether oxygens (including phenoxy) is 1. The second-order valence-corrected chi connectivity index (χ2v) is 7.35. The van der Waals surface area contributed by atoms with Crippen molar-refractivity contribution < 1.29 is 9.53 Å². The predicted octanol–water partition coefficient (Wildman–Crippen LogP) is 5.81. The van der Waals surface area contributed by atoms with Crippen LogP contribution in [0, 0.1) is 11.8 Å². The highest BCUT2D eigenvalue weighted by atomic mass is 16.5. The van der Waals surface area contributed by atoms with E-state index in [1.165, 1.54) is 38.5 Å². The van der Waals surface area contributed by atoms with Gasteiger partial charge in [0.2, 0.25) is 0 Å². The van der Waals surface area contributed by atoms with Crippen LogP contribution in [-0.2, 0) is 4.79 Å². The molecule has 0 bridgehead atoms. The molecule has 2 heteroatoms. The molecule has 0 N–H and O–H groups in total. The van der Waals surface area contributed by atoms with E-state index in [9.17, 15) is 4.79 Å². The molecule has 0 spiro atoms. The molecule has 2 fully saturated rings. The Balaban J connectivity index is 1.56. The molecular weight excluding hydrogens is 296 g/mol. The minimum atomic E-state index is 0.305. The number of Topliss-reactive ketones (excluding diaryl/α,β-unsaturated/α-hetero) is 1. The smallest absolute Gasteiger partial charge is 0.162 e. The Bertz CT molecular complexity index is 564. The van der Waals surface area contributed by atoms with Gasteiger partial charge in [0.25, 0.3) is 0 Å². The molecule has 0 saturated heterocycles. The van der Waals surface area contributed by atoms with Crippen molar-refractivity contribution >= 4 is 11.9 Å². The van der Waals surface area contributed by atoms with E-state index in [1.54, 1.807) is 0 Å². The lowest BCUT2D eigenvalue weighted by Crippen LogP contribution is -2.16. The number of carbonyl (C=O) groups excluding carboxylic acids is 1. The first-order valence-electron chi connectivity index (χ1n) is 9.75. The molecule has 0 aliphatic heterocycles. The fourth-order valence-corrected chi connectivity index (χ4v) is 4.16. The topological polar surface area (TPSA) is 26.3 Å². The quantitative estimate of drug-likeness (QED) is 0.467. The van der Waals surface area contributed by atoms with Gasteiger partial charge in [-0.15, -0.1) is 0 Å². The summed E-state index contributed by atoms with van der Waals surface area (Å²) in [6.45, 7) is 2.99. The van der Waals surface area contributed by atoms with Crippen LogP contribution < -0.4 is 4.74 Å². The van der Waals surface area contributed by atoms with Crippen LogP contribution >= 0.6 is 0 Å². The summed E-state index contributed by atoms with van der Waals surface area (Å²) in [6.07, 6.45) is 12.8. The molecule has 24 heavy (non-hydrogen) atoms. The average Bonchev–Trinajstić information content (AvgIpc) is 3.24. The summed E-state index contributed by atoms with van der Waals surface area (Å²) in [5.41, 5.74) is 2.15. The van der Waals surface area contributed by atoms with Crippen molar-refractivity contribution in [2.45, 2.75) is 64.7 Å². The maximum absolute atomic E-state index is 12.7. The highest BCUT2D eigenvalue weighted by molar-refractivity contribution is 6.03. The number of unbranched alkanes of at least 4 members (excludes halogenated alkanes) is 2. The number of hydrogen-bond donors (Lipinski definition) is 0. The minimum Gasteiger partial charge on any atom is -0.494 e. The molecule has 0 aromatic heterocycles. The van der Waals surface area contributed by atoms with Gasteiger partial charge in [0.15, 0.2) is 5.78 Å². The zero-order valence-electron chi connectivity index (χ0n) is 14.9. The van der Waals surface area contributed by atoms with E-state index < -0.39 is 0 Å². The van der Waals surface area contributed by atoms with Crippen molar-refractivity contribution in [3.63, 3.8) is 0 Å². The summed E-state index contributed by atoms with van der Waals surface area (Å²) in [4.78, 5) is 12.7. The van der Waals surface area contributed by atoms with Crippen molar-refractivity contribution in [1.29, 1.82) is 0 Å². The van der Waals surface area contributed by atoms with Crippen molar-refractivity contribution in [3.8, 4) is 5.75 Å². The average molecular weight is 326 g/mol. The van der Waals surface area contributed by atoms with Gasteiger partial charge in [-0.1, -0.05) is 44.7 Å². The molecule has 0 radical (unpaired) electrons. The Labute approximate surface area is 146 Å². The molecular formula is C22H30O2. The van der Waals surface area contributed by atoms with Crippen molar-refractivity contribution in [2.75, 3.05) is 6.61 Å². The standard InChI is InChI=1S/C22H30O2/c1-2-3-6-15-24-20-12-9-17(10-13-20)16-19-11-14-21(22(19)23)18-7-4-5-8-18/h9-10,12-13,16,18,21H,2-8,11,14-15H2,1H3/b19-16+/t21-/m0/s1. The van der Waals surface area contributed by atoms with Gasteiger partial charge in [-0.25, -0.2) is 0 Å². The first-order chi connectivity index (χ1) is 11.8. The molecule has 0 heterocycles. The van der Waals surface area contributed by atoms with Crippen LogP contribution in [0.5, 0.6) is 5.75 Å². The van der Waals surface area contributed by atoms with E-state index in [-0.39, 0.29) is 0 Å². The molecule has 2 aliphatic carbocycles. The fraction of sp³-hybridized carbons (Fsp3) is 0.591. The maximum Gasteiger partial charge on any atom is 0.162 e. The van der Waals surface area contributed by atoms with Crippen molar-refractivity contribution in [3.05, 3.63) is 35.4 Å². The van der Waals surface area contributed by atoms with E-state index in [0.29, 0.717) is 17.6 Å². The number of rotatable bonds is 7. The van der Waals surface area contributed by atoms with Gasteiger partial charge in [0.1, 0.15) is 5.75 Å². The van der Waals surface area contributed by atoms with E-state index in [4.69, 9.17) is 4.74 Å². The summed E-state index contributed by atoms with van der Waals surface area (Å²) >= 11 is 0. The molecule has 2 nitrogen and oxygen atoms in total. The van der Waals surface area contributed by atoms with Crippen LogP contribution in [0.25, 0.3) is 6.08 Å². The first-order valence-corrected chi connectivity index (χ1v) is 9.75. The van der Waals surface area contributed by atoms with Crippen LogP contribution in [0.1, 0.15) is 70.3 Å². The number of benzene rings is 1. The second-order valence-electron chi connectivity index (χ2n) is 7.35. The normalized spacial score (nSPS) is 23.3. The number of hydrogen-bond acceptors (Lipinski definition) is 2. The van der Waals surface area contributed by atoms with Crippen LogP contribution in [-0.4, -0.2) is 12.4 Å². The summed E-state index contributed by atoms with van der Waals surface area (Å²) in [7, 11) is 0. The zero-order valence-corrected chi connectivity index (χ0v) is 14.9. The molecule has 1 aromatic rings. The third kappa shape index (κ3) is 4.28. The number of carbonyl (C=O) groups is 1. The fourth-order valence-electron chi connectivity index (χ4n) is 4.16. The summed E-state index contributed by atoms with van der Waals surface area (Å²) in [6, 6.07) is 8.18. The second kappa shape index (κ2) is 8.50. The Kier molecular flexibility index (Phi) is 6.12. The van der Waals surface area contributed by atoms with Crippen LogP contribution in [0.4, 0.5) is 0 Å². The van der Waals surface area contributed by atoms with Gasteiger partial charge in [0, 0.05) is 5.92 Å². The SMILES string of the molecule is CCCCCOc1ccc(/C=C2\CC[C@@H](C3CCCC3)C2=O)cc1. The third-order valence-electron chi connectivity index (χ3n) is 5.58. The predicted molar refractivity (Wildman–Crippen MR) is 99.1 cm³/mol. The Morgan fingerprint density at radius 1 is 1.08 bits per heavy atom. The first kappa shape index (κ1) is 17.3. The highest BCUT2D eigenvalue weighted by Crippen LogP contribution is 2.40. The van der Waals surface area contributed by atoms with Gasteiger partial charge in [-0.05, 0) is 67.4 Å². The molecule has 0 unspecified atom stereocenters. The van der Waals surface area contributed by atoms with Crippen LogP contribution in [0.2, 0.25) is 0 Å². The molecule has 2 saturated carbocycles. The van der Waals surface area contributed by atoms with E-state index in [2.05, 4.69) is 25.1 Å². The van der Waals surface area contributed by atoms with Gasteiger partial charge >= 0.3 is 0 Å². The highest BCUT2D eigenvalue weighted by Gasteiger charge is 2.36. The van der Waals surface area contributed by atoms with Gasteiger partial charge in [-0.3, -0.25) is 4.79 Å². The van der Waals surface area contributed by atoms with Crippen LogP contribution in [0.15, 0.2) is 29.8 Å². The zero-order chi connectivity index (χ0) is 16.8. The molecule has 1 atom stereocenters. The molecule has 3 rings (SSSR count). The van der Waals surface area contributed by atoms with Crippen molar-refractivity contribution in [2.24, 2.45) is 11.8 Å². The lowest BCUT2D eigenvalue weighted by molar-refractivity contribution is -0.119. The molecule has 1 aromatic carbocycles. The van der Waals surface area contributed by atoms with Gasteiger partial charge in [0.05, 0.1) is 6.61 Å². The maximum atomic E-state index is 12.7.